The molecule has 1 rings (SSSR count). The van der Waals surface area contributed by atoms with Crippen LogP contribution < -0.4 is 5.32 Å². The topological polar surface area (TPSA) is 67.9 Å². The van der Waals surface area contributed by atoms with E-state index in [4.69, 9.17) is 9.47 Å². The Balaban J connectivity index is 2.28. The van der Waals surface area contributed by atoms with Gasteiger partial charge in [0.05, 0.1) is 19.8 Å². The van der Waals surface area contributed by atoms with Gasteiger partial charge in [-0.2, -0.15) is 0 Å². The normalized spacial score (nSPS) is 10.7. The van der Waals surface area contributed by atoms with E-state index in [1.165, 1.54) is 0 Å². The Bertz CT molecular complexity index is 586. The van der Waals surface area contributed by atoms with Crippen molar-refractivity contribution in [1.82, 2.24) is 10.2 Å². The van der Waals surface area contributed by atoms with Crippen molar-refractivity contribution in [3.8, 4) is 0 Å². The predicted molar refractivity (Wildman–Crippen MR) is 115 cm³/mol. The molecular formula is C23H38N2O4. The van der Waals surface area contributed by atoms with E-state index in [1.807, 2.05) is 36.1 Å². The lowest BCUT2D eigenvalue weighted by atomic mass is 10.1. The summed E-state index contributed by atoms with van der Waals surface area (Å²) in [6.45, 7) is 10.6. The minimum absolute atomic E-state index is 0.0197. The molecule has 1 N–H and O–H groups in total. The van der Waals surface area contributed by atoms with Crippen molar-refractivity contribution < 1.29 is 19.1 Å². The maximum Gasteiger partial charge on any atom is 0.222 e. The number of benzene rings is 1. The monoisotopic (exact) mass is 406 g/mol. The minimum atomic E-state index is -0.0197. The fourth-order valence-electron chi connectivity index (χ4n) is 3.03. The Morgan fingerprint density at radius 3 is 2.34 bits per heavy atom. The molecule has 0 atom stereocenters. The van der Waals surface area contributed by atoms with Gasteiger partial charge in [0.25, 0.3) is 0 Å². The molecule has 0 bridgehead atoms. The zero-order chi connectivity index (χ0) is 21.3. The molecule has 2 amide bonds. The molecule has 0 unspecified atom stereocenters. The second kappa shape index (κ2) is 15.9. The molecule has 0 aliphatic carbocycles. The highest BCUT2D eigenvalue weighted by molar-refractivity contribution is 5.79. The lowest BCUT2D eigenvalue weighted by Crippen LogP contribution is -2.32. The van der Waals surface area contributed by atoms with Crippen molar-refractivity contribution in [2.75, 3.05) is 32.9 Å². The number of nitrogens with one attached hydrogen (secondary N) is 1. The van der Waals surface area contributed by atoms with Gasteiger partial charge in [0.2, 0.25) is 11.8 Å². The molecule has 0 saturated heterocycles. The van der Waals surface area contributed by atoms with Crippen molar-refractivity contribution in [3.05, 3.63) is 35.4 Å². The summed E-state index contributed by atoms with van der Waals surface area (Å²) in [7, 11) is 0. The molecule has 1 aromatic rings. The Hall–Kier alpha value is -1.92. The lowest BCUT2D eigenvalue weighted by Gasteiger charge is -2.21. The van der Waals surface area contributed by atoms with E-state index in [9.17, 15) is 9.59 Å². The Morgan fingerprint density at radius 1 is 0.966 bits per heavy atom. The highest BCUT2D eigenvalue weighted by Gasteiger charge is 2.12. The number of carbonyl (C=O) groups excluding carboxylic acids is 2. The molecule has 164 valence electrons. The Kier molecular flexibility index (Phi) is 13.8. The zero-order valence-corrected chi connectivity index (χ0v) is 18.4. The molecule has 0 saturated carbocycles. The van der Waals surface area contributed by atoms with E-state index in [0.29, 0.717) is 52.2 Å². The highest BCUT2D eigenvalue weighted by atomic mass is 16.5. The van der Waals surface area contributed by atoms with Crippen molar-refractivity contribution in [2.24, 2.45) is 0 Å². The molecule has 6 nitrogen and oxygen atoms in total. The third-order valence-corrected chi connectivity index (χ3v) is 4.46. The van der Waals surface area contributed by atoms with Gasteiger partial charge in [-0.15, -0.1) is 0 Å². The molecular weight excluding hydrogens is 368 g/mol. The van der Waals surface area contributed by atoms with Gasteiger partial charge in [-0.3, -0.25) is 9.59 Å². The first kappa shape index (κ1) is 25.1. The van der Waals surface area contributed by atoms with Gasteiger partial charge < -0.3 is 19.7 Å². The molecule has 0 aliphatic heterocycles. The third kappa shape index (κ3) is 11.6. The fraction of sp³-hybridized carbons (Fsp3) is 0.652. The van der Waals surface area contributed by atoms with Crippen molar-refractivity contribution in [1.29, 1.82) is 0 Å². The Labute approximate surface area is 175 Å². The number of amides is 2. The van der Waals surface area contributed by atoms with E-state index in [1.54, 1.807) is 0 Å². The quantitative estimate of drug-likeness (QED) is 0.425. The third-order valence-electron chi connectivity index (χ3n) is 4.46. The average Bonchev–Trinajstić information content (AvgIpc) is 2.72. The van der Waals surface area contributed by atoms with Crippen LogP contribution in [0.15, 0.2) is 24.3 Å². The maximum atomic E-state index is 12.2. The summed E-state index contributed by atoms with van der Waals surface area (Å²) in [4.78, 5) is 26.2. The standard InChI is InChI=1S/C23H38N2O4/c1-4-13-25(14-5-2)23(27)12-8-11-22(26)24-18-20-9-7-10-21(17-20)19-29-16-15-28-6-3/h7,9-10,17H,4-6,8,11-16,18-19H2,1-3H3,(H,24,26). The van der Waals surface area contributed by atoms with Crippen molar-refractivity contribution in [3.63, 3.8) is 0 Å². The summed E-state index contributed by atoms with van der Waals surface area (Å²) >= 11 is 0. The number of rotatable bonds is 16. The van der Waals surface area contributed by atoms with Gasteiger partial charge in [0.1, 0.15) is 0 Å². The van der Waals surface area contributed by atoms with E-state index >= 15 is 0 Å². The molecule has 0 heterocycles. The van der Waals surface area contributed by atoms with E-state index in [0.717, 1.165) is 37.1 Å². The number of hydrogen-bond donors (Lipinski definition) is 1. The van der Waals surface area contributed by atoms with Gasteiger partial charge in [-0.05, 0) is 37.3 Å². The summed E-state index contributed by atoms with van der Waals surface area (Å²) < 4.78 is 10.8. The van der Waals surface area contributed by atoms with E-state index in [-0.39, 0.29) is 11.8 Å². The lowest BCUT2D eigenvalue weighted by molar-refractivity contribution is -0.131. The van der Waals surface area contributed by atoms with Gasteiger partial charge in [0, 0.05) is 39.1 Å². The van der Waals surface area contributed by atoms with Crippen LogP contribution in [0.5, 0.6) is 0 Å². The molecule has 0 spiro atoms. The van der Waals surface area contributed by atoms with Crippen LogP contribution in [0, 0.1) is 0 Å². The van der Waals surface area contributed by atoms with Crippen LogP contribution in [0.2, 0.25) is 0 Å². The second-order valence-corrected chi connectivity index (χ2v) is 7.08. The number of hydrogen-bond acceptors (Lipinski definition) is 4. The van der Waals surface area contributed by atoms with Crippen LogP contribution in [-0.2, 0) is 32.2 Å². The molecule has 0 radical (unpaired) electrons. The van der Waals surface area contributed by atoms with Crippen LogP contribution in [0.1, 0.15) is 64.0 Å². The molecule has 29 heavy (non-hydrogen) atoms. The van der Waals surface area contributed by atoms with Crippen LogP contribution >= 0.6 is 0 Å². The minimum Gasteiger partial charge on any atom is -0.379 e. The van der Waals surface area contributed by atoms with Crippen molar-refractivity contribution >= 4 is 11.8 Å². The van der Waals surface area contributed by atoms with Crippen LogP contribution in [0.3, 0.4) is 0 Å². The van der Waals surface area contributed by atoms with Gasteiger partial charge >= 0.3 is 0 Å². The molecule has 1 aromatic carbocycles. The SMILES string of the molecule is CCCN(CCC)C(=O)CCCC(=O)NCc1cccc(COCCOCC)c1. The first-order chi connectivity index (χ1) is 14.1. The highest BCUT2D eigenvalue weighted by Crippen LogP contribution is 2.08. The number of ether oxygens (including phenoxy) is 2. The van der Waals surface area contributed by atoms with E-state index < -0.39 is 0 Å². The Morgan fingerprint density at radius 2 is 1.66 bits per heavy atom. The molecule has 0 aliphatic rings. The van der Waals surface area contributed by atoms with Crippen LogP contribution in [-0.4, -0.2) is 49.6 Å². The van der Waals surface area contributed by atoms with Gasteiger partial charge in [0.15, 0.2) is 0 Å². The van der Waals surface area contributed by atoms with Gasteiger partial charge in [-0.1, -0.05) is 38.1 Å². The van der Waals surface area contributed by atoms with Gasteiger partial charge in [-0.25, -0.2) is 0 Å². The molecule has 6 heteroatoms. The first-order valence-corrected chi connectivity index (χ1v) is 10.9. The zero-order valence-electron chi connectivity index (χ0n) is 18.4. The number of carbonyl (C=O) groups is 2. The smallest absolute Gasteiger partial charge is 0.222 e. The van der Waals surface area contributed by atoms with E-state index in [2.05, 4.69) is 19.2 Å². The molecule has 0 fully saturated rings. The largest absolute Gasteiger partial charge is 0.379 e. The summed E-state index contributed by atoms with van der Waals surface area (Å²) in [5.74, 6) is 0.132. The number of nitrogens with zero attached hydrogens (tertiary/aromatic N) is 1. The molecule has 0 aromatic heterocycles. The summed E-state index contributed by atoms with van der Waals surface area (Å²) in [6.07, 6.45) is 3.31. The predicted octanol–water partition coefficient (Wildman–Crippen LogP) is 3.67. The first-order valence-electron chi connectivity index (χ1n) is 10.9. The van der Waals surface area contributed by atoms with Crippen LogP contribution in [0.4, 0.5) is 0 Å². The summed E-state index contributed by atoms with van der Waals surface area (Å²) in [5.41, 5.74) is 2.11. The van der Waals surface area contributed by atoms with Crippen LogP contribution in [0.25, 0.3) is 0 Å². The summed E-state index contributed by atoms with van der Waals surface area (Å²) in [5, 5.41) is 2.94. The van der Waals surface area contributed by atoms with Crippen molar-refractivity contribution in [2.45, 2.75) is 66.0 Å². The second-order valence-electron chi connectivity index (χ2n) is 7.08. The fourth-order valence-corrected chi connectivity index (χ4v) is 3.03. The average molecular weight is 407 g/mol. The maximum absolute atomic E-state index is 12.2. The summed E-state index contributed by atoms with van der Waals surface area (Å²) in [6, 6.07) is 8.01.